The summed E-state index contributed by atoms with van der Waals surface area (Å²) in [5, 5.41) is 4.32. The number of carbonyl (C=O) groups is 2. The van der Waals surface area contributed by atoms with Crippen LogP contribution in [0.15, 0.2) is 36.7 Å². The van der Waals surface area contributed by atoms with E-state index in [4.69, 9.17) is 4.84 Å². The molecule has 0 spiro atoms. The highest BCUT2D eigenvalue weighted by Gasteiger charge is 2.37. The topological polar surface area (TPSA) is 71.5 Å². The molecule has 2 aromatic rings. The van der Waals surface area contributed by atoms with Gasteiger partial charge < -0.3 is 5.32 Å². The molecule has 2 amide bonds. The van der Waals surface area contributed by atoms with Gasteiger partial charge in [0.2, 0.25) is 5.91 Å². The molecular formula is C24H26FN3O3. The summed E-state index contributed by atoms with van der Waals surface area (Å²) < 4.78 is 13.6. The zero-order valence-electron chi connectivity index (χ0n) is 17.4. The molecule has 2 fully saturated rings. The van der Waals surface area contributed by atoms with Crippen LogP contribution in [0, 0.1) is 17.7 Å². The van der Waals surface area contributed by atoms with Gasteiger partial charge in [0, 0.05) is 30.6 Å². The fraction of sp³-hybridized carbons (Fsp3) is 0.458. The predicted octanol–water partition coefficient (Wildman–Crippen LogP) is 3.72. The fourth-order valence-corrected chi connectivity index (χ4v) is 5.11. The molecular weight excluding hydrogens is 397 g/mol. The monoisotopic (exact) mass is 423 g/mol. The minimum Gasteiger partial charge on any atom is -0.348 e. The highest BCUT2D eigenvalue weighted by Crippen LogP contribution is 2.37. The van der Waals surface area contributed by atoms with Crippen molar-refractivity contribution in [1.82, 2.24) is 15.4 Å². The van der Waals surface area contributed by atoms with Gasteiger partial charge in [-0.1, -0.05) is 12.1 Å². The number of carbonyl (C=O) groups excluding carboxylic acids is 2. The second-order valence-corrected chi connectivity index (χ2v) is 8.83. The summed E-state index contributed by atoms with van der Waals surface area (Å²) in [6.45, 7) is 1.07. The molecule has 0 bridgehead atoms. The van der Waals surface area contributed by atoms with Crippen molar-refractivity contribution in [2.45, 2.75) is 51.1 Å². The maximum atomic E-state index is 13.6. The smallest absolute Gasteiger partial charge is 0.251 e. The van der Waals surface area contributed by atoms with E-state index < -0.39 is 5.82 Å². The van der Waals surface area contributed by atoms with Crippen LogP contribution in [-0.4, -0.2) is 28.5 Å². The van der Waals surface area contributed by atoms with Crippen LogP contribution < -0.4 is 5.32 Å². The van der Waals surface area contributed by atoms with E-state index in [-0.39, 0.29) is 23.8 Å². The van der Waals surface area contributed by atoms with Gasteiger partial charge in [-0.3, -0.25) is 19.4 Å². The summed E-state index contributed by atoms with van der Waals surface area (Å²) in [4.78, 5) is 34.6. The Bertz CT molecular complexity index is 1000. The number of benzene rings is 1. The lowest BCUT2D eigenvalue weighted by Crippen LogP contribution is -2.36. The van der Waals surface area contributed by atoms with E-state index in [2.05, 4.69) is 16.4 Å². The van der Waals surface area contributed by atoms with Crippen LogP contribution in [0.5, 0.6) is 0 Å². The van der Waals surface area contributed by atoms with Gasteiger partial charge in [0.1, 0.15) is 5.82 Å². The Hall–Kier alpha value is -2.80. The molecule has 3 aliphatic rings. The molecule has 162 valence electrons. The summed E-state index contributed by atoms with van der Waals surface area (Å²) in [5.74, 6) is 0.0546. The number of nitrogens with one attached hydrogen (secondary N) is 1. The number of hydroxylamine groups is 2. The van der Waals surface area contributed by atoms with Gasteiger partial charge >= 0.3 is 0 Å². The first-order valence-corrected chi connectivity index (χ1v) is 11.0. The maximum absolute atomic E-state index is 13.6. The van der Waals surface area contributed by atoms with Crippen molar-refractivity contribution >= 4 is 11.8 Å². The molecule has 0 unspecified atom stereocenters. The summed E-state index contributed by atoms with van der Waals surface area (Å²) in [5.41, 5.74) is 3.73. The van der Waals surface area contributed by atoms with Crippen molar-refractivity contribution in [3.63, 3.8) is 0 Å². The number of rotatable bonds is 4. The Morgan fingerprint density at radius 2 is 2.00 bits per heavy atom. The SMILES string of the molecule is O=C1NCc2ccc(CC3CCC(C(=O)N4OCC[C@H]4c4cncc(F)c4)CC3)cc21. The first-order chi connectivity index (χ1) is 15.1. The number of hydrogen-bond acceptors (Lipinski definition) is 4. The van der Waals surface area contributed by atoms with Crippen molar-refractivity contribution in [3.05, 3.63) is 64.7 Å². The van der Waals surface area contributed by atoms with Crippen molar-refractivity contribution in [3.8, 4) is 0 Å². The Balaban J connectivity index is 1.19. The molecule has 7 heteroatoms. The third-order valence-electron chi connectivity index (χ3n) is 6.81. The van der Waals surface area contributed by atoms with Crippen LogP contribution in [0.3, 0.4) is 0 Å². The van der Waals surface area contributed by atoms with Crippen molar-refractivity contribution in [2.75, 3.05) is 6.61 Å². The van der Waals surface area contributed by atoms with Crippen molar-refractivity contribution < 1.29 is 18.8 Å². The van der Waals surface area contributed by atoms with E-state index >= 15 is 0 Å². The zero-order valence-corrected chi connectivity index (χ0v) is 17.4. The van der Waals surface area contributed by atoms with E-state index in [1.807, 2.05) is 12.1 Å². The molecule has 1 saturated heterocycles. The number of pyridine rings is 1. The van der Waals surface area contributed by atoms with Gasteiger partial charge in [-0.25, -0.2) is 9.45 Å². The number of fused-ring (bicyclic) bond motifs is 1. The van der Waals surface area contributed by atoms with Crippen LogP contribution in [0.1, 0.15) is 65.2 Å². The van der Waals surface area contributed by atoms with Gasteiger partial charge in [-0.2, -0.15) is 0 Å². The number of aromatic nitrogens is 1. The quantitative estimate of drug-likeness (QED) is 0.814. The summed E-state index contributed by atoms with van der Waals surface area (Å²) in [7, 11) is 0. The molecule has 1 N–H and O–H groups in total. The van der Waals surface area contributed by atoms with Gasteiger partial charge in [0.15, 0.2) is 0 Å². The highest BCUT2D eigenvalue weighted by atomic mass is 19.1. The Kier molecular flexibility index (Phi) is 5.44. The third-order valence-corrected chi connectivity index (χ3v) is 6.81. The standard InChI is InChI=1S/C24H26FN3O3/c25-20-11-19(12-26-14-20)22-7-8-31-28(22)24(30)17-4-1-15(2-5-17)9-16-3-6-18-13-27-23(29)21(18)10-16/h3,6,10-12,14-15,17,22H,1-2,4-5,7-9,13H2,(H,27,29)/t15?,17?,22-/m0/s1. The minimum atomic E-state index is -0.402. The number of hydrogen-bond donors (Lipinski definition) is 1. The predicted molar refractivity (Wildman–Crippen MR) is 111 cm³/mol. The van der Waals surface area contributed by atoms with Crippen molar-refractivity contribution in [2.24, 2.45) is 11.8 Å². The van der Waals surface area contributed by atoms with E-state index in [1.54, 1.807) is 6.20 Å². The van der Waals surface area contributed by atoms with E-state index in [1.165, 1.54) is 22.9 Å². The van der Waals surface area contributed by atoms with E-state index in [0.29, 0.717) is 31.1 Å². The lowest BCUT2D eigenvalue weighted by Gasteiger charge is -2.32. The Morgan fingerprint density at radius 1 is 1.16 bits per heavy atom. The largest absolute Gasteiger partial charge is 0.348 e. The first-order valence-electron chi connectivity index (χ1n) is 11.0. The van der Waals surface area contributed by atoms with Crippen LogP contribution in [0.25, 0.3) is 0 Å². The van der Waals surface area contributed by atoms with Crippen LogP contribution in [0.2, 0.25) is 0 Å². The zero-order chi connectivity index (χ0) is 21.4. The van der Waals surface area contributed by atoms with E-state index in [9.17, 15) is 14.0 Å². The maximum Gasteiger partial charge on any atom is 0.251 e. The third kappa shape index (κ3) is 4.06. The molecule has 5 rings (SSSR count). The van der Waals surface area contributed by atoms with Gasteiger partial charge in [0.25, 0.3) is 5.91 Å². The molecule has 0 radical (unpaired) electrons. The first kappa shape index (κ1) is 20.1. The number of nitrogens with zero attached hydrogens (tertiary/aromatic N) is 2. The average Bonchev–Trinajstić information content (AvgIpc) is 3.41. The number of amides is 2. The number of halogens is 1. The van der Waals surface area contributed by atoms with E-state index in [0.717, 1.165) is 43.2 Å². The molecule has 1 aliphatic carbocycles. The molecule has 31 heavy (non-hydrogen) atoms. The summed E-state index contributed by atoms with van der Waals surface area (Å²) in [6, 6.07) is 7.34. The Morgan fingerprint density at radius 3 is 2.81 bits per heavy atom. The molecule has 1 aromatic carbocycles. The molecule has 1 aromatic heterocycles. The van der Waals surface area contributed by atoms with Gasteiger partial charge in [-0.05, 0) is 66.8 Å². The van der Waals surface area contributed by atoms with Gasteiger partial charge in [0.05, 0.1) is 18.8 Å². The molecule has 6 nitrogen and oxygen atoms in total. The molecule has 1 atom stereocenters. The van der Waals surface area contributed by atoms with Crippen molar-refractivity contribution in [1.29, 1.82) is 0 Å². The normalized spacial score (nSPS) is 25.4. The second kappa shape index (κ2) is 8.38. The summed E-state index contributed by atoms with van der Waals surface area (Å²) >= 11 is 0. The molecule has 3 heterocycles. The highest BCUT2D eigenvalue weighted by molar-refractivity contribution is 5.98. The van der Waals surface area contributed by atoms with Gasteiger partial charge in [-0.15, -0.1) is 0 Å². The average molecular weight is 423 g/mol. The van der Waals surface area contributed by atoms with Crippen LogP contribution in [0.4, 0.5) is 4.39 Å². The lowest BCUT2D eigenvalue weighted by molar-refractivity contribution is -0.183. The molecule has 2 aliphatic heterocycles. The lowest BCUT2D eigenvalue weighted by atomic mass is 9.78. The van der Waals surface area contributed by atoms with Crippen LogP contribution >= 0.6 is 0 Å². The van der Waals surface area contributed by atoms with Crippen LogP contribution in [-0.2, 0) is 22.6 Å². The fourth-order valence-electron chi connectivity index (χ4n) is 5.11. The minimum absolute atomic E-state index is 0.000543. The Labute approximate surface area is 180 Å². The molecule has 1 saturated carbocycles. The summed E-state index contributed by atoms with van der Waals surface area (Å²) in [6.07, 6.45) is 7.94. The second-order valence-electron chi connectivity index (χ2n) is 8.83.